The first kappa shape index (κ1) is 37.4. The van der Waals surface area contributed by atoms with Crippen LogP contribution in [0.4, 0.5) is 0 Å². The smallest absolute Gasteiger partial charge is 0.354 e. The van der Waals surface area contributed by atoms with Crippen LogP contribution < -0.4 is 4.74 Å². The van der Waals surface area contributed by atoms with E-state index in [9.17, 15) is 0 Å². The van der Waals surface area contributed by atoms with Crippen LogP contribution in [0.25, 0.3) is 0 Å². The van der Waals surface area contributed by atoms with Crippen molar-refractivity contribution in [3.8, 4) is 5.75 Å². The molecule has 0 saturated carbocycles. The van der Waals surface area contributed by atoms with Crippen LogP contribution in [-0.2, 0) is 36.8 Å². The SMILES string of the molecule is COc1cccc(CC(O[Si](C)(C)C)(P(=O)(O[Si](C)(C)C)O[Si](C)(C)C)P(=O)(O[Si](C)(C)C)O[Si](C)(C)C)c1. The zero-order valence-electron chi connectivity index (χ0n) is 27.2. The minimum Gasteiger partial charge on any atom is -0.497 e. The molecule has 0 aliphatic heterocycles. The third kappa shape index (κ3) is 11.9. The Morgan fingerprint density at radius 3 is 1.26 bits per heavy atom. The standard InChI is InChI=1S/C24H54O8P2Si5/c1-27-23-19-17-18-22(20-23)21-24(28-35(2,3)4,33(25,29-36(5,6)7)30-37(8,9)10)34(26,31-38(11,12)13)32-39(14,15)16/h17-20H,21H2,1-16H3. The van der Waals surface area contributed by atoms with E-state index in [-0.39, 0.29) is 6.42 Å². The van der Waals surface area contributed by atoms with E-state index in [1.807, 2.05) is 122 Å². The average Bonchev–Trinajstić information content (AvgIpc) is 2.60. The Hall–Kier alpha value is 0.364. The number of ether oxygens (including phenoxy) is 1. The molecule has 0 radical (unpaired) electrons. The molecule has 228 valence electrons. The summed E-state index contributed by atoms with van der Waals surface area (Å²) in [5.41, 5.74) is 0.713. The lowest BCUT2D eigenvalue weighted by molar-refractivity contribution is 0.152. The van der Waals surface area contributed by atoms with E-state index in [2.05, 4.69) is 0 Å². The van der Waals surface area contributed by atoms with Gasteiger partial charge in [-0.05, 0) is 116 Å². The highest BCUT2D eigenvalue weighted by atomic mass is 31.2. The molecule has 0 aliphatic rings. The van der Waals surface area contributed by atoms with E-state index in [1.165, 1.54) is 0 Å². The molecular weight excluding hydrogens is 619 g/mol. The zero-order valence-corrected chi connectivity index (χ0v) is 34.0. The maximum absolute atomic E-state index is 15.7. The van der Waals surface area contributed by atoms with Crippen LogP contribution in [-0.4, -0.2) is 53.8 Å². The molecule has 0 aromatic heterocycles. The summed E-state index contributed by atoms with van der Waals surface area (Å²) in [4.78, 5) is 0. The van der Waals surface area contributed by atoms with Gasteiger partial charge in [-0.2, -0.15) is 0 Å². The molecule has 15 heteroatoms. The molecule has 8 nitrogen and oxygen atoms in total. The van der Waals surface area contributed by atoms with Gasteiger partial charge in [-0.15, -0.1) is 0 Å². The number of benzene rings is 1. The van der Waals surface area contributed by atoms with Gasteiger partial charge in [0.2, 0.25) is 0 Å². The number of hydrogen-bond donors (Lipinski definition) is 0. The van der Waals surface area contributed by atoms with E-state index in [1.54, 1.807) is 7.11 Å². The van der Waals surface area contributed by atoms with Crippen molar-refractivity contribution in [3.63, 3.8) is 0 Å². The molecule has 0 unspecified atom stereocenters. The maximum Gasteiger partial charge on any atom is 0.354 e. The van der Waals surface area contributed by atoms with E-state index in [0.29, 0.717) is 11.3 Å². The van der Waals surface area contributed by atoms with Gasteiger partial charge in [0.1, 0.15) is 5.75 Å². The van der Waals surface area contributed by atoms with Gasteiger partial charge in [-0.1, -0.05) is 12.1 Å². The van der Waals surface area contributed by atoms with Gasteiger partial charge >= 0.3 is 15.2 Å². The van der Waals surface area contributed by atoms with Crippen LogP contribution in [0.5, 0.6) is 5.75 Å². The fourth-order valence-electron chi connectivity index (χ4n) is 3.79. The van der Waals surface area contributed by atoms with Crippen LogP contribution in [0.3, 0.4) is 0 Å². The molecule has 0 saturated heterocycles. The van der Waals surface area contributed by atoms with Crippen molar-refractivity contribution in [1.82, 2.24) is 0 Å². The third-order valence-corrected chi connectivity index (χ3v) is 22.1. The third-order valence-electron chi connectivity index (χ3n) is 4.47. The van der Waals surface area contributed by atoms with Crippen molar-refractivity contribution in [3.05, 3.63) is 29.8 Å². The van der Waals surface area contributed by atoms with Gasteiger partial charge in [-0.25, -0.2) is 0 Å². The van der Waals surface area contributed by atoms with Crippen molar-refractivity contribution in [2.75, 3.05) is 7.11 Å². The maximum atomic E-state index is 15.7. The molecule has 0 bridgehead atoms. The monoisotopic (exact) mass is 672 g/mol. The fraction of sp³-hybridized carbons (Fsp3) is 0.750. The molecule has 1 aromatic carbocycles. The van der Waals surface area contributed by atoms with Gasteiger partial charge in [0.15, 0.2) is 41.6 Å². The summed E-state index contributed by atoms with van der Waals surface area (Å²) >= 11 is 0. The van der Waals surface area contributed by atoms with Crippen LogP contribution in [0.15, 0.2) is 24.3 Å². The van der Waals surface area contributed by atoms with E-state index >= 15 is 9.13 Å². The summed E-state index contributed by atoms with van der Waals surface area (Å²) in [6.45, 7) is 29.3. The fourth-order valence-corrected chi connectivity index (χ4v) is 25.6. The molecule has 1 rings (SSSR count). The summed E-state index contributed by atoms with van der Waals surface area (Å²) in [6.07, 6.45) is -0.0487. The Balaban J connectivity index is 4.41. The summed E-state index contributed by atoms with van der Waals surface area (Å²) in [5.74, 6) is 0.619. The lowest BCUT2D eigenvalue weighted by Gasteiger charge is -2.50. The van der Waals surface area contributed by atoms with Crippen LogP contribution in [0, 0.1) is 0 Å². The second-order valence-corrected chi connectivity index (χ2v) is 42.8. The van der Waals surface area contributed by atoms with Crippen LogP contribution >= 0.6 is 15.2 Å². The summed E-state index contributed by atoms with van der Waals surface area (Å²) in [5, 5.41) is -2.02. The van der Waals surface area contributed by atoms with Crippen LogP contribution in [0.2, 0.25) is 98.2 Å². The molecule has 0 heterocycles. The Bertz CT molecular complexity index is 976. The zero-order chi connectivity index (χ0) is 30.9. The molecule has 0 amide bonds. The first-order chi connectivity index (χ1) is 17.0. The van der Waals surface area contributed by atoms with Crippen molar-refractivity contribution in [1.29, 1.82) is 0 Å². The van der Waals surface area contributed by atoms with Gasteiger partial charge < -0.3 is 26.0 Å². The van der Waals surface area contributed by atoms with E-state index in [4.69, 9.17) is 26.0 Å². The minimum absolute atomic E-state index is 0.0487. The molecule has 0 atom stereocenters. The Morgan fingerprint density at radius 1 is 0.615 bits per heavy atom. The predicted octanol–water partition coefficient (Wildman–Crippen LogP) is 9.54. The quantitative estimate of drug-likeness (QED) is 0.134. The highest BCUT2D eigenvalue weighted by Gasteiger charge is 2.70. The van der Waals surface area contributed by atoms with E-state index in [0.717, 1.165) is 0 Å². The molecule has 0 aliphatic carbocycles. The van der Waals surface area contributed by atoms with Gasteiger partial charge in [-0.3, -0.25) is 9.13 Å². The summed E-state index contributed by atoms with van der Waals surface area (Å²) < 4.78 is 70.2. The van der Waals surface area contributed by atoms with Crippen molar-refractivity contribution >= 4 is 56.8 Å². The number of rotatable bonds is 15. The molecule has 0 fully saturated rings. The Morgan fingerprint density at radius 2 is 0.974 bits per heavy atom. The molecule has 39 heavy (non-hydrogen) atoms. The molecule has 0 spiro atoms. The normalized spacial score (nSPS) is 15.0. The van der Waals surface area contributed by atoms with Crippen molar-refractivity contribution < 1.29 is 35.1 Å². The number of methoxy groups -OCH3 is 1. The lowest BCUT2D eigenvalue weighted by atomic mass is 10.1. The average molecular weight is 673 g/mol. The van der Waals surface area contributed by atoms with Gasteiger partial charge in [0.25, 0.3) is 5.08 Å². The first-order valence-corrected chi connectivity index (χ1v) is 33.5. The highest BCUT2D eigenvalue weighted by Crippen LogP contribution is 2.81. The topological polar surface area (TPSA) is 89.5 Å². The molecular formula is C24H54O8P2Si5. The van der Waals surface area contributed by atoms with Crippen molar-refractivity contribution in [2.24, 2.45) is 0 Å². The Kier molecular flexibility index (Phi) is 12.0. The molecule has 0 N–H and O–H groups in total. The summed E-state index contributed by atoms with van der Waals surface area (Å²) in [7, 11) is -20.0. The second-order valence-electron chi connectivity index (χ2n) is 14.8. The second kappa shape index (κ2) is 12.5. The van der Waals surface area contributed by atoms with Crippen molar-refractivity contribution in [2.45, 2.75) is 110 Å². The lowest BCUT2D eigenvalue weighted by Crippen LogP contribution is -2.51. The van der Waals surface area contributed by atoms with Gasteiger partial charge in [0.05, 0.1) is 7.11 Å². The predicted molar refractivity (Wildman–Crippen MR) is 177 cm³/mol. The summed E-state index contributed by atoms with van der Waals surface area (Å²) in [6, 6.07) is 7.40. The molecule has 1 aromatic rings. The minimum atomic E-state index is -4.36. The highest BCUT2D eigenvalue weighted by molar-refractivity contribution is 7.76. The number of hydrogen-bond acceptors (Lipinski definition) is 8. The largest absolute Gasteiger partial charge is 0.497 e. The first-order valence-electron chi connectivity index (χ1n) is 13.4. The van der Waals surface area contributed by atoms with Crippen LogP contribution in [0.1, 0.15) is 5.56 Å². The van der Waals surface area contributed by atoms with Gasteiger partial charge in [0, 0.05) is 6.42 Å². The van der Waals surface area contributed by atoms with E-state index < -0.39 is 61.9 Å². The Labute approximate surface area is 243 Å².